The number of hydrogen-bond donors (Lipinski definition) is 1. The Bertz CT molecular complexity index is 428. The van der Waals surface area contributed by atoms with Gasteiger partial charge in [0.2, 0.25) is 0 Å². The number of thiol groups is 1. The molecule has 0 bridgehead atoms. The second-order valence-electron chi connectivity index (χ2n) is 5.89. The van der Waals surface area contributed by atoms with Gasteiger partial charge in [0.15, 0.2) is 0 Å². The Hall–Kier alpha value is -0.870. The summed E-state index contributed by atoms with van der Waals surface area (Å²) in [6, 6.07) is 6.16. The molecule has 1 aromatic carbocycles. The van der Waals surface area contributed by atoms with Crippen LogP contribution in [0.5, 0.6) is 0 Å². The van der Waals surface area contributed by atoms with Crippen LogP contribution < -0.4 is 0 Å². The van der Waals surface area contributed by atoms with Crippen molar-refractivity contribution in [3.05, 3.63) is 29.3 Å². The third-order valence-corrected chi connectivity index (χ3v) is 4.45. The first-order chi connectivity index (χ1) is 10.3. The van der Waals surface area contributed by atoms with Crippen LogP contribution >= 0.6 is 12.6 Å². The van der Waals surface area contributed by atoms with Crippen molar-refractivity contribution in [3.63, 3.8) is 0 Å². The summed E-state index contributed by atoms with van der Waals surface area (Å²) in [6.45, 7) is 2.27. The van der Waals surface area contributed by atoms with Gasteiger partial charge in [0.25, 0.3) is 0 Å². The van der Waals surface area contributed by atoms with Crippen LogP contribution in [0.1, 0.15) is 82.3 Å². The summed E-state index contributed by atoms with van der Waals surface area (Å²) in [5.74, 6) is 2.77. The number of rotatable bonds is 11. The van der Waals surface area contributed by atoms with Gasteiger partial charge in [-0.25, -0.2) is 0 Å². The molecule has 0 spiro atoms. The zero-order valence-electron chi connectivity index (χ0n) is 13.5. The maximum absolute atomic E-state index is 5.57. The predicted molar refractivity (Wildman–Crippen MR) is 97.2 cm³/mol. The lowest BCUT2D eigenvalue weighted by atomic mass is 10.0. The van der Waals surface area contributed by atoms with Gasteiger partial charge in [0, 0.05) is 10.5 Å². The van der Waals surface area contributed by atoms with E-state index >= 15 is 0 Å². The zero-order chi connectivity index (χ0) is 15.3. The Morgan fingerprint density at radius 1 is 0.905 bits per heavy atom. The Morgan fingerprint density at radius 3 is 2.05 bits per heavy atom. The monoisotopic (exact) mass is 302 g/mol. The van der Waals surface area contributed by atoms with Crippen molar-refractivity contribution in [1.82, 2.24) is 0 Å². The van der Waals surface area contributed by atoms with Crippen molar-refractivity contribution in [2.24, 2.45) is 0 Å². The van der Waals surface area contributed by atoms with E-state index in [0.717, 1.165) is 16.9 Å². The minimum absolute atomic E-state index is 0.932. The Morgan fingerprint density at radius 2 is 1.48 bits per heavy atom. The highest BCUT2D eigenvalue weighted by Crippen LogP contribution is 2.20. The smallest absolute Gasteiger partial charge is 0.0407 e. The fourth-order valence-corrected chi connectivity index (χ4v) is 3.06. The van der Waals surface area contributed by atoms with Gasteiger partial charge in [0.05, 0.1) is 0 Å². The fraction of sp³-hybridized carbons (Fsp3) is 0.600. The molecule has 0 saturated carbocycles. The molecule has 0 N–H and O–H groups in total. The highest BCUT2D eigenvalue weighted by molar-refractivity contribution is 7.80. The van der Waals surface area contributed by atoms with Crippen LogP contribution in [0.25, 0.3) is 0 Å². The lowest BCUT2D eigenvalue weighted by Gasteiger charge is -2.07. The second-order valence-corrected chi connectivity index (χ2v) is 6.37. The summed E-state index contributed by atoms with van der Waals surface area (Å²) in [5, 5.41) is 0. The summed E-state index contributed by atoms with van der Waals surface area (Å²) in [6.07, 6.45) is 20.4. The van der Waals surface area contributed by atoms with Crippen LogP contribution in [0.3, 0.4) is 0 Å². The number of benzene rings is 1. The topological polar surface area (TPSA) is 0 Å². The molecule has 0 heterocycles. The van der Waals surface area contributed by atoms with E-state index < -0.39 is 0 Å². The van der Waals surface area contributed by atoms with Gasteiger partial charge in [-0.2, -0.15) is 0 Å². The third-order valence-electron chi connectivity index (χ3n) is 4.07. The molecule has 116 valence electrons. The van der Waals surface area contributed by atoms with Gasteiger partial charge in [-0.1, -0.05) is 82.8 Å². The molecule has 1 heteroatoms. The van der Waals surface area contributed by atoms with E-state index in [0.29, 0.717) is 0 Å². The molecule has 1 rings (SSSR count). The first-order valence-corrected chi connectivity index (χ1v) is 9.01. The molecule has 0 atom stereocenters. The van der Waals surface area contributed by atoms with Crippen LogP contribution in [0.15, 0.2) is 23.1 Å². The van der Waals surface area contributed by atoms with Crippen LogP contribution in [0, 0.1) is 12.3 Å². The van der Waals surface area contributed by atoms with Gasteiger partial charge in [-0.05, 0) is 24.5 Å². The summed E-state index contributed by atoms with van der Waals surface area (Å²) < 4.78 is 0. The quantitative estimate of drug-likeness (QED) is 0.272. The molecule has 0 fully saturated rings. The van der Waals surface area contributed by atoms with E-state index in [9.17, 15) is 0 Å². The first-order valence-electron chi connectivity index (χ1n) is 8.57. The predicted octanol–water partition coefficient (Wildman–Crippen LogP) is 6.42. The number of terminal acetylenes is 1. The lowest BCUT2D eigenvalue weighted by molar-refractivity contribution is 0.556. The molecule has 0 aliphatic carbocycles. The summed E-state index contributed by atoms with van der Waals surface area (Å²) >= 11 is 4.43. The van der Waals surface area contributed by atoms with Gasteiger partial charge < -0.3 is 0 Å². The standard InChI is InChI=1S/C20H30S/c1-3-5-6-7-8-9-10-11-12-13-15-18-16-14-17-20(21)19(18)4-2/h2,14,16-17,21H,3,5-13,15H2,1H3. The van der Waals surface area contributed by atoms with Crippen molar-refractivity contribution in [1.29, 1.82) is 0 Å². The zero-order valence-corrected chi connectivity index (χ0v) is 14.4. The fourth-order valence-electron chi connectivity index (χ4n) is 2.76. The Balaban J connectivity index is 2.07. The van der Waals surface area contributed by atoms with Crippen molar-refractivity contribution < 1.29 is 0 Å². The summed E-state index contributed by atoms with van der Waals surface area (Å²) in [4.78, 5) is 0.932. The van der Waals surface area contributed by atoms with Crippen LogP contribution in [0.2, 0.25) is 0 Å². The Kier molecular flexibility index (Phi) is 10.2. The summed E-state index contributed by atoms with van der Waals surface area (Å²) in [5.41, 5.74) is 2.27. The first kappa shape index (κ1) is 18.2. The second kappa shape index (κ2) is 11.8. The molecule has 0 unspecified atom stereocenters. The van der Waals surface area contributed by atoms with E-state index in [1.807, 2.05) is 6.07 Å². The molecule has 0 aliphatic heterocycles. The normalized spacial score (nSPS) is 10.5. The number of aryl methyl sites for hydroxylation is 1. The molecule has 1 aromatic rings. The van der Waals surface area contributed by atoms with E-state index in [2.05, 4.69) is 37.6 Å². The summed E-state index contributed by atoms with van der Waals surface area (Å²) in [7, 11) is 0. The van der Waals surface area contributed by atoms with E-state index in [4.69, 9.17) is 6.42 Å². The highest BCUT2D eigenvalue weighted by Gasteiger charge is 2.03. The molecular formula is C20H30S. The minimum atomic E-state index is 0.932. The largest absolute Gasteiger partial charge is 0.142 e. The maximum atomic E-state index is 5.57. The maximum Gasteiger partial charge on any atom is 0.0407 e. The van der Waals surface area contributed by atoms with E-state index in [1.54, 1.807) is 0 Å². The molecule has 0 nitrogen and oxygen atoms in total. The third kappa shape index (κ3) is 7.63. The van der Waals surface area contributed by atoms with Gasteiger partial charge in [-0.15, -0.1) is 19.1 Å². The van der Waals surface area contributed by atoms with Gasteiger partial charge in [-0.3, -0.25) is 0 Å². The molecule has 0 amide bonds. The molecule has 21 heavy (non-hydrogen) atoms. The van der Waals surface area contributed by atoms with Gasteiger partial charge in [0.1, 0.15) is 0 Å². The van der Waals surface area contributed by atoms with Crippen LogP contribution in [-0.4, -0.2) is 0 Å². The average molecular weight is 303 g/mol. The SMILES string of the molecule is C#Cc1c(S)cccc1CCCCCCCCCCCC. The molecule has 0 aliphatic rings. The average Bonchev–Trinajstić information content (AvgIpc) is 2.49. The van der Waals surface area contributed by atoms with Crippen LogP contribution in [-0.2, 0) is 6.42 Å². The Labute approximate surface area is 137 Å². The molecular weight excluding hydrogens is 272 g/mol. The van der Waals surface area contributed by atoms with Gasteiger partial charge >= 0.3 is 0 Å². The van der Waals surface area contributed by atoms with Crippen molar-refractivity contribution in [3.8, 4) is 12.3 Å². The van der Waals surface area contributed by atoms with E-state index in [-0.39, 0.29) is 0 Å². The minimum Gasteiger partial charge on any atom is -0.142 e. The van der Waals surface area contributed by atoms with Crippen molar-refractivity contribution >= 4 is 12.6 Å². The van der Waals surface area contributed by atoms with Crippen molar-refractivity contribution in [2.75, 3.05) is 0 Å². The molecule has 0 radical (unpaired) electrons. The highest BCUT2D eigenvalue weighted by atomic mass is 32.1. The van der Waals surface area contributed by atoms with Crippen LogP contribution in [0.4, 0.5) is 0 Å². The number of hydrogen-bond acceptors (Lipinski definition) is 1. The van der Waals surface area contributed by atoms with Crippen molar-refractivity contribution in [2.45, 2.75) is 82.4 Å². The number of unbranched alkanes of at least 4 members (excludes halogenated alkanes) is 9. The lowest BCUT2D eigenvalue weighted by Crippen LogP contribution is -1.92. The molecule has 0 saturated heterocycles. The van der Waals surface area contributed by atoms with E-state index in [1.165, 1.54) is 69.8 Å². The molecule has 0 aromatic heterocycles.